The highest BCUT2D eigenvalue weighted by Gasteiger charge is 2.08. The lowest BCUT2D eigenvalue weighted by Gasteiger charge is -2.13. The summed E-state index contributed by atoms with van der Waals surface area (Å²) in [5.41, 5.74) is 0.431. The Morgan fingerprint density at radius 2 is 2.18 bits per heavy atom. The van der Waals surface area contributed by atoms with Crippen molar-refractivity contribution in [2.24, 2.45) is 0 Å². The third-order valence-electron chi connectivity index (χ3n) is 2.63. The molecule has 1 unspecified atom stereocenters. The summed E-state index contributed by atoms with van der Waals surface area (Å²) in [4.78, 5) is 11.1. The van der Waals surface area contributed by atoms with Crippen LogP contribution in [0.5, 0.6) is 5.75 Å². The molecule has 0 fully saturated rings. The molecule has 0 amide bonds. The third kappa shape index (κ3) is 7.84. The summed E-state index contributed by atoms with van der Waals surface area (Å²) >= 11 is 0. The van der Waals surface area contributed by atoms with Crippen LogP contribution in [0.25, 0.3) is 0 Å². The first-order valence-electron chi connectivity index (χ1n) is 6.83. The number of rotatable bonds is 9. The van der Waals surface area contributed by atoms with E-state index in [4.69, 9.17) is 14.7 Å². The first-order valence-corrected chi connectivity index (χ1v) is 6.83. The van der Waals surface area contributed by atoms with Gasteiger partial charge >= 0.3 is 5.97 Å². The van der Waals surface area contributed by atoms with Crippen molar-refractivity contribution in [3.63, 3.8) is 0 Å². The average Bonchev–Trinajstić information content (AvgIpc) is 2.50. The van der Waals surface area contributed by atoms with Gasteiger partial charge in [0, 0.05) is 13.1 Å². The maximum atomic E-state index is 11.1. The van der Waals surface area contributed by atoms with E-state index in [1.165, 1.54) is 0 Å². The van der Waals surface area contributed by atoms with Crippen LogP contribution in [-0.2, 0) is 9.53 Å². The molecule has 0 heterocycles. The lowest BCUT2D eigenvalue weighted by Crippen LogP contribution is -2.32. The molecule has 1 atom stereocenters. The molecule has 122 valence electrons. The number of nitrogens with one attached hydrogen (secondary N) is 1. The standard InChI is InChI=1S/C15H20N2O4.ClH/c1-2-20-15(19)7-8-17-10-13(18)11-21-14-6-4-3-5-12(14)9-16;/h3-6,13,17-18H,2,7-8,10-11H2,1H3;1H. The average molecular weight is 329 g/mol. The topological polar surface area (TPSA) is 91.6 Å². The largest absolute Gasteiger partial charge is 0.489 e. The Balaban J connectivity index is 0.00000441. The molecule has 0 spiro atoms. The van der Waals surface area contributed by atoms with Crippen molar-refractivity contribution < 1.29 is 19.4 Å². The van der Waals surface area contributed by atoms with Crippen molar-refractivity contribution in [2.75, 3.05) is 26.3 Å². The SMILES string of the molecule is CCOC(=O)CCNCC(O)COc1ccccc1C#N.Cl. The van der Waals surface area contributed by atoms with Crippen LogP contribution in [0.2, 0.25) is 0 Å². The van der Waals surface area contributed by atoms with E-state index in [1.54, 1.807) is 31.2 Å². The number of hydrogen-bond donors (Lipinski definition) is 2. The van der Waals surface area contributed by atoms with Gasteiger partial charge in [-0.25, -0.2) is 0 Å². The molecule has 0 aliphatic rings. The summed E-state index contributed by atoms with van der Waals surface area (Å²) in [7, 11) is 0. The van der Waals surface area contributed by atoms with Crippen molar-refractivity contribution >= 4 is 18.4 Å². The number of aliphatic hydroxyl groups is 1. The van der Waals surface area contributed by atoms with Gasteiger partial charge in [0.2, 0.25) is 0 Å². The summed E-state index contributed by atoms with van der Waals surface area (Å²) in [6, 6.07) is 8.87. The van der Waals surface area contributed by atoms with Crippen molar-refractivity contribution in [1.29, 1.82) is 5.26 Å². The van der Waals surface area contributed by atoms with Gasteiger partial charge in [-0.1, -0.05) is 12.1 Å². The van der Waals surface area contributed by atoms with E-state index in [0.29, 0.717) is 31.0 Å². The zero-order valence-electron chi connectivity index (χ0n) is 12.4. The quantitative estimate of drug-likeness (QED) is 0.524. The van der Waals surface area contributed by atoms with Crippen molar-refractivity contribution in [3.8, 4) is 11.8 Å². The molecular formula is C15H21ClN2O4. The molecule has 1 rings (SSSR count). The Kier molecular flexibility index (Phi) is 10.8. The smallest absolute Gasteiger partial charge is 0.307 e. The maximum absolute atomic E-state index is 11.1. The maximum Gasteiger partial charge on any atom is 0.307 e. The molecule has 0 aliphatic heterocycles. The van der Waals surface area contributed by atoms with Gasteiger partial charge in [0.05, 0.1) is 18.6 Å². The molecule has 6 nitrogen and oxygen atoms in total. The number of carbonyl (C=O) groups excluding carboxylic acids is 1. The van der Waals surface area contributed by atoms with Crippen LogP contribution in [0.1, 0.15) is 18.9 Å². The van der Waals surface area contributed by atoms with Gasteiger partial charge in [-0.3, -0.25) is 4.79 Å². The van der Waals surface area contributed by atoms with E-state index < -0.39 is 6.10 Å². The lowest BCUT2D eigenvalue weighted by atomic mass is 10.2. The van der Waals surface area contributed by atoms with Gasteiger partial charge in [0.15, 0.2) is 0 Å². The first-order chi connectivity index (χ1) is 10.2. The zero-order valence-corrected chi connectivity index (χ0v) is 13.3. The van der Waals surface area contributed by atoms with Crippen molar-refractivity contribution in [3.05, 3.63) is 29.8 Å². The molecule has 22 heavy (non-hydrogen) atoms. The highest BCUT2D eigenvalue weighted by atomic mass is 35.5. The second kappa shape index (κ2) is 11.8. The molecular weight excluding hydrogens is 308 g/mol. The molecule has 0 saturated heterocycles. The monoisotopic (exact) mass is 328 g/mol. The highest BCUT2D eigenvalue weighted by molar-refractivity contribution is 5.85. The van der Waals surface area contributed by atoms with E-state index in [1.807, 2.05) is 6.07 Å². The van der Waals surface area contributed by atoms with Crippen molar-refractivity contribution in [1.82, 2.24) is 5.32 Å². The van der Waals surface area contributed by atoms with E-state index in [9.17, 15) is 9.90 Å². The molecule has 0 saturated carbocycles. The summed E-state index contributed by atoms with van der Waals surface area (Å²) in [6.07, 6.45) is -0.461. The van der Waals surface area contributed by atoms with Crippen LogP contribution in [-0.4, -0.2) is 43.5 Å². The number of nitrogens with zero attached hydrogens (tertiary/aromatic N) is 1. The predicted molar refractivity (Wildman–Crippen MR) is 84.0 cm³/mol. The van der Waals surface area contributed by atoms with Crippen LogP contribution >= 0.6 is 12.4 Å². The number of para-hydroxylation sites is 1. The zero-order chi connectivity index (χ0) is 15.5. The second-order valence-corrected chi connectivity index (χ2v) is 4.33. The summed E-state index contributed by atoms with van der Waals surface area (Å²) < 4.78 is 10.2. The van der Waals surface area contributed by atoms with Gasteiger partial charge in [-0.05, 0) is 19.1 Å². The number of ether oxygens (including phenoxy) is 2. The van der Waals surface area contributed by atoms with Crippen molar-refractivity contribution in [2.45, 2.75) is 19.4 Å². The summed E-state index contributed by atoms with van der Waals surface area (Å²) in [5.74, 6) is 0.185. The minimum atomic E-state index is -0.723. The second-order valence-electron chi connectivity index (χ2n) is 4.33. The summed E-state index contributed by atoms with van der Waals surface area (Å²) in [5, 5.41) is 21.6. The highest BCUT2D eigenvalue weighted by Crippen LogP contribution is 2.16. The summed E-state index contributed by atoms with van der Waals surface area (Å²) in [6.45, 7) is 2.93. The Morgan fingerprint density at radius 1 is 1.45 bits per heavy atom. The normalized spacial score (nSPS) is 11.0. The van der Waals surface area contributed by atoms with Gasteiger partial charge in [-0.2, -0.15) is 5.26 Å². The van der Waals surface area contributed by atoms with Gasteiger partial charge < -0.3 is 19.9 Å². The number of carbonyl (C=O) groups is 1. The molecule has 7 heteroatoms. The molecule has 2 N–H and O–H groups in total. The fraction of sp³-hybridized carbons (Fsp3) is 0.467. The van der Waals surface area contributed by atoms with Crippen LogP contribution < -0.4 is 10.1 Å². The molecule has 1 aromatic carbocycles. The van der Waals surface area contributed by atoms with Gasteiger partial charge in [-0.15, -0.1) is 12.4 Å². The molecule has 0 radical (unpaired) electrons. The third-order valence-corrected chi connectivity index (χ3v) is 2.63. The fourth-order valence-electron chi connectivity index (χ4n) is 1.62. The minimum absolute atomic E-state index is 0. The van der Waals surface area contributed by atoms with Gasteiger partial charge in [0.1, 0.15) is 24.5 Å². The van der Waals surface area contributed by atoms with Crippen LogP contribution in [0.4, 0.5) is 0 Å². The van der Waals surface area contributed by atoms with E-state index in [0.717, 1.165) is 0 Å². The van der Waals surface area contributed by atoms with E-state index >= 15 is 0 Å². The Morgan fingerprint density at radius 3 is 2.86 bits per heavy atom. The number of halogens is 1. The first kappa shape index (κ1) is 20.2. The fourth-order valence-corrected chi connectivity index (χ4v) is 1.62. The van der Waals surface area contributed by atoms with Crippen LogP contribution in [0.15, 0.2) is 24.3 Å². The number of nitriles is 1. The van der Waals surface area contributed by atoms with E-state index in [2.05, 4.69) is 5.32 Å². The van der Waals surface area contributed by atoms with Crippen LogP contribution in [0, 0.1) is 11.3 Å². The number of benzene rings is 1. The predicted octanol–water partition coefficient (Wildman–Crippen LogP) is 1.26. The molecule has 1 aromatic rings. The number of hydrogen-bond acceptors (Lipinski definition) is 6. The minimum Gasteiger partial charge on any atom is -0.489 e. The Bertz CT molecular complexity index is 491. The van der Waals surface area contributed by atoms with E-state index in [-0.39, 0.29) is 31.4 Å². The number of esters is 1. The molecule has 0 aliphatic carbocycles. The Labute approximate surface area is 136 Å². The molecule has 0 aromatic heterocycles. The number of aliphatic hydroxyl groups excluding tert-OH is 1. The molecule has 0 bridgehead atoms. The Hall–Kier alpha value is -1.81. The van der Waals surface area contributed by atoms with Crippen LogP contribution in [0.3, 0.4) is 0 Å². The lowest BCUT2D eigenvalue weighted by molar-refractivity contribution is -0.143. The van der Waals surface area contributed by atoms with Gasteiger partial charge in [0.25, 0.3) is 0 Å².